The Bertz CT molecular complexity index is 2230. The summed E-state index contributed by atoms with van der Waals surface area (Å²) in [6.07, 6.45) is 14.4. The van der Waals surface area contributed by atoms with Gasteiger partial charge in [0.05, 0.1) is 29.3 Å². The van der Waals surface area contributed by atoms with Crippen molar-refractivity contribution in [1.29, 1.82) is 0 Å². The Morgan fingerprint density at radius 2 is 1.77 bits per heavy atom. The monoisotopic (exact) mass is 847 g/mol. The van der Waals surface area contributed by atoms with Crippen LogP contribution in [0.25, 0.3) is 17.0 Å². The normalized spacial score (nSPS) is 18.4. The zero-order valence-electron chi connectivity index (χ0n) is 37.5. The van der Waals surface area contributed by atoms with Crippen LogP contribution in [0.15, 0.2) is 92.1 Å². The molecule has 0 aliphatic carbocycles. The smallest absolute Gasteiger partial charge is 0.227 e. The van der Waals surface area contributed by atoms with Crippen LogP contribution in [0.3, 0.4) is 0 Å². The first kappa shape index (κ1) is 45.4. The van der Waals surface area contributed by atoms with E-state index in [4.69, 9.17) is 26.7 Å². The lowest BCUT2D eigenvalue weighted by Crippen LogP contribution is -2.53. The first-order valence-corrected chi connectivity index (χ1v) is 22.1. The molecule has 3 unspecified atom stereocenters. The summed E-state index contributed by atoms with van der Waals surface area (Å²) in [6.45, 7) is 29.0. The molecule has 4 aromatic rings. The number of benzene rings is 1. The number of hydrogen-bond donors (Lipinski definition) is 3. The fourth-order valence-corrected chi connectivity index (χ4v) is 8.97. The second kappa shape index (κ2) is 20.6. The van der Waals surface area contributed by atoms with Crippen molar-refractivity contribution in [2.75, 3.05) is 80.4 Å². The maximum atomic E-state index is 6.69. The molecule has 3 aliphatic heterocycles. The molecule has 13 heteroatoms. The summed E-state index contributed by atoms with van der Waals surface area (Å²) in [5, 5.41) is 16.1. The molecule has 0 radical (unpaired) electrons. The van der Waals surface area contributed by atoms with Crippen molar-refractivity contribution < 1.29 is 0 Å². The molecular weight excluding hydrogens is 780 g/mol. The van der Waals surface area contributed by atoms with Gasteiger partial charge in [0.15, 0.2) is 5.82 Å². The van der Waals surface area contributed by atoms with Gasteiger partial charge in [0.1, 0.15) is 10.8 Å². The SMILES string of the molecule is C=CCCC1=Cc2cc(Nc3nc(N4CCN(CC5CCN(c6ccc7c(C(CCC=C)C(=C)NC)nn(C)c7c6)C5)C(C)C4)ncc3Cl)cnc2N(C(C)C)C1=C.CNC. The van der Waals surface area contributed by atoms with Crippen LogP contribution in [0.4, 0.5) is 29.0 Å². The van der Waals surface area contributed by atoms with Gasteiger partial charge in [-0.15, -0.1) is 13.2 Å². The number of halogens is 1. The third-order valence-electron chi connectivity index (χ3n) is 12.0. The van der Waals surface area contributed by atoms with E-state index in [9.17, 15) is 0 Å². The molecule has 0 bridgehead atoms. The van der Waals surface area contributed by atoms with Crippen LogP contribution in [-0.4, -0.2) is 102 Å². The summed E-state index contributed by atoms with van der Waals surface area (Å²) < 4.78 is 2.03. The lowest BCUT2D eigenvalue weighted by molar-refractivity contribution is 0.165. The van der Waals surface area contributed by atoms with Gasteiger partial charge in [0.2, 0.25) is 5.95 Å². The van der Waals surface area contributed by atoms with Crippen LogP contribution in [0.5, 0.6) is 0 Å². The Morgan fingerprint density at radius 3 is 2.48 bits per heavy atom. The average Bonchev–Trinajstić information content (AvgIpc) is 3.85. The molecule has 3 aliphatic rings. The highest BCUT2D eigenvalue weighted by molar-refractivity contribution is 6.32. The Labute approximate surface area is 369 Å². The minimum Gasteiger partial charge on any atom is -0.391 e. The molecular formula is C48H67ClN12. The summed E-state index contributed by atoms with van der Waals surface area (Å²) >= 11 is 6.69. The van der Waals surface area contributed by atoms with Crippen molar-refractivity contribution in [2.24, 2.45) is 13.0 Å². The van der Waals surface area contributed by atoms with Gasteiger partial charge in [-0.25, -0.2) is 9.97 Å². The van der Waals surface area contributed by atoms with Gasteiger partial charge in [-0.05, 0) is 109 Å². The first-order valence-electron chi connectivity index (χ1n) is 21.8. The first-order chi connectivity index (χ1) is 29.4. The topological polar surface area (TPSA) is 106 Å². The molecule has 3 aromatic heterocycles. The maximum Gasteiger partial charge on any atom is 0.227 e. The molecule has 3 N–H and O–H groups in total. The van der Waals surface area contributed by atoms with E-state index in [0.29, 0.717) is 28.7 Å². The quantitative estimate of drug-likeness (QED) is 0.0943. The Kier molecular flexibility index (Phi) is 15.3. The number of anilines is 5. The van der Waals surface area contributed by atoms with Gasteiger partial charge < -0.3 is 30.7 Å². The zero-order chi connectivity index (χ0) is 43.8. The lowest BCUT2D eigenvalue weighted by Gasteiger charge is -2.41. The predicted molar refractivity (Wildman–Crippen MR) is 258 cm³/mol. The molecule has 2 saturated heterocycles. The summed E-state index contributed by atoms with van der Waals surface area (Å²) in [4.78, 5) is 24.1. The number of likely N-dealkylation sites (N-methyl/N-ethyl adjacent to an activating group) is 1. The van der Waals surface area contributed by atoms with E-state index in [1.807, 2.05) is 51.2 Å². The molecule has 3 atom stereocenters. The van der Waals surface area contributed by atoms with E-state index in [1.54, 1.807) is 6.20 Å². The predicted octanol–water partition coefficient (Wildman–Crippen LogP) is 8.90. The number of rotatable bonds is 16. The maximum absolute atomic E-state index is 6.69. The highest BCUT2D eigenvalue weighted by Gasteiger charge is 2.32. The van der Waals surface area contributed by atoms with Crippen molar-refractivity contribution in [2.45, 2.75) is 70.9 Å². The Balaban J connectivity index is 0.00000201. The van der Waals surface area contributed by atoms with Gasteiger partial charge in [-0.2, -0.15) is 10.1 Å². The number of pyridine rings is 1. The van der Waals surface area contributed by atoms with Crippen LogP contribution >= 0.6 is 11.6 Å². The summed E-state index contributed by atoms with van der Waals surface area (Å²) in [5.41, 5.74) is 8.54. The fourth-order valence-electron chi connectivity index (χ4n) is 8.83. The third-order valence-corrected chi connectivity index (χ3v) is 12.3. The number of hydrogen-bond acceptors (Lipinski definition) is 11. The van der Waals surface area contributed by atoms with Gasteiger partial charge in [-0.3, -0.25) is 9.58 Å². The largest absolute Gasteiger partial charge is 0.391 e. The number of allylic oxidation sites excluding steroid dienone is 4. The van der Waals surface area contributed by atoms with Gasteiger partial charge in [0, 0.05) is 99.4 Å². The lowest BCUT2D eigenvalue weighted by atomic mass is 9.94. The average molecular weight is 848 g/mol. The number of aryl methyl sites for hydroxylation is 1. The van der Waals surface area contributed by atoms with Crippen LogP contribution in [-0.2, 0) is 7.05 Å². The van der Waals surface area contributed by atoms with E-state index in [-0.39, 0.29) is 12.0 Å². The second-order valence-electron chi connectivity index (χ2n) is 16.8. The molecule has 326 valence electrons. The molecule has 6 heterocycles. The minimum atomic E-state index is 0.135. The van der Waals surface area contributed by atoms with Crippen molar-refractivity contribution in [1.82, 2.24) is 40.3 Å². The highest BCUT2D eigenvalue weighted by Crippen LogP contribution is 2.39. The standard InChI is InChI=1S/C46H60ClN11.C2H7N/c1-10-12-14-35-22-36-23-37(25-49-45(36)58(30(3)4)33(35)7)51-44-41(47)26-50-46(52-44)57-21-20-55(31(5)27-57)28-34-18-19-56(29-34)38-16-17-40-42(24-38)54(9)53-43(40)39(15-13-11-2)32(6)48-8;1-3-2/h10-11,16-17,22-26,30-31,34,39,48H,1-2,6-7,12-15,18-21,27-29H2,3-5,8-9H3,(H,50,51,52);3H,1-2H3. The van der Waals surface area contributed by atoms with E-state index >= 15 is 0 Å². The number of aromatic nitrogens is 5. The molecule has 7 rings (SSSR count). The van der Waals surface area contributed by atoms with Crippen molar-refractivity contribution >= 4 is 57.5 Å². The molecule has 61 heavy (non-hydrogen) atoms. The molecule has 12 nitrogen and oxygen atoms in total. The molecule has 2 fully saturated rings. The van der Waals surface area contributed by atoms with E-state index in [1.165, 1.54) is 23.1 Å². The van der Waals surface area contributed by atoms with Crippen molar-refractivity contribution in [3.63, 3.8) is 0 Å². The number of piperazine rings is 1. The van der Waals surface area contributed by atoms with Crippen LogP contribution in [0.2, 0.25) is 5.02 Å². The fraction of sp³-hybridized carbons (Fsp3) is 0.458. The highest BCUT2D eigenvalue weighted by atomic mass is 35.5. The third kappa shape index (κ3) is 10.3. The summed E-state index contributed by atoms with van der Waals surface area (Å²) in [5.74, 6) is 2.89. The Hall–Kier alpha value is -5.17. The van der Waals surface area contributed by atoms with Gasteiger partial charge in [0.25, 0.3) is 0 Å². The van der Waals surface area contributed by atoms with Gasteiger partial charge >= 0.3 is 0 Å². The van der Waals surface area contributed by atoms with Crippen molar-refractivity contribution in [3.05, 3.63) is 108 Å². The number of nitrogens with one attached hydrogen (secondary N) is 3. The number of fused-ring (bicyclic) bond motifs is 2. The van der Waals surface area contributed by atoms with E-state index in [2.05, 4.69) is 118 Å². The second-order valence-corrected chi connectivity index (χ2v) is 17.2. The number of nitrogens with zero attached hydrogens (tertiary/aromatic N) is 9. The minimum absolute atomic E-state index is 0.135. The van der Waals surface area contributed by atoms with Crippen LogP contribution in [0.1, 0.15) is 70.1 Å². The molecule has 1 aromatic carbocycles. The van der Waals surface area contributed by atoms with Gasteiger partial charge in [-0.1, -0.05) is 36.9 Å². The van der Waals surface area contributed by atoms with Crippen LogP contribution in [0, 0.1) is 5.92 Å². The molecule has 0 spiro atoms. The molecule has 0 saturated carbocycles. The summed E-state index contributed by atoms with van der Waals surface area (Å²) in [6, 6.07) is 9.53. The Morgan fingerprint density at radius 1 is 1.00 bits per heavy atom. The van der Waals surface area contributed by atoms with E-state index in [0.717, 1.165) is 105 Å². The van der Waals surface area contributed by atoms with Crippen LogP contribution < -0.4 is 30.7 Å². The van der Waals surface area contributed by atoms with E-state index < -0.39 is 0 Å². The molecule has 0 amide bonds. The summed E-state index contributed by atoms with van der Waals surface area (Å²) in [7, 11) is 7.73. The zero-order valence-corrected chi connectivity index (χ0v) is 38.3. The van der Waals surface area contributed by atoms with Crippen molar-refractivity contribution in [3.8, 4) is 0 Å².